The zero-order valence-electron chi connectivity index (χ0n) is 7.32. The maximum atomic E-state index is 9.41. The third kappa shape index (κ3) is 1.04. The second-order valence-electron chi connectivity index (χ2n) is 3.24. The number of aromatic hydroxyl groups is 1. The van der Waals surface area contributed by atoms with Crippen molar-refractivity contribution in [2.24, 2.45) is 0 Å². The molecule has 1 aromatic carbocycles. The average Bonchev–Trinajstić information content (AvgIpc) is 2.65. The van der Waals surface area contributed by atoms with Crippen molar-refractivity contribution in [2.45, 2.75) is 10.6 Å². The van der Waals surface area contributed by atoms with Gasteiger partial charge in [-0.1, -0.05) is 0 Å². The van der Waals surface area contributed by atoms with Gasteiger partial charge in [-0.25, -0.2) is 0 Å². The fraction of sp³-hybridized carbons (Fsp3) is 0.100. The Balaban J connectivity index is 2.28. The summed E-state index contributed by atoms with van der Waals surface area (Å²) in [6.45, 7) is 0. The molecule has 3 rings (SSSR count). The van der Waals surface area contributed by atoms with E-state index >= 15 is 0 Å². The molecule has 4 heteroatoms. The first kappa shape index (κ1) is 7.94. The number of H-pyrrole nitrogens is 1. The number of nitrogens with one attached hydrogen (secondary N) is 1. The first-order valence-electron chi connectivity index (χ1n) is 4.33. The molecule has 0 radical (unpaired) electrons. The topological polar surface area (TPSA) is 48.9 Å². The number of aromatic nitrogens is 2. The number of fused-ring (bicyclic) bond motifs is 3. The normalized spacial score (nSPS) is 13.4. The van der Waals surface area contributed by atoms with Crippen LogP contribution >= 0.6 is 11.8 Å². The molecule has 1 aromatic heterocycles. The third-order valence-electron chi connectivity index (χ3n) is 2.33. The van der Waals surface area contributed by atoms with Crippen LogP contribution < -0.4 is 0 Å². The molecule has 1 aliphatic rings. The van der Waals surface area contributed by atoms with E-state index in [0.29, 0.717) is 5.75 Å². The molecule has 0 spiro atoms. The predicted octanol–water partition coefficient (Wildman–Crippen LogP) is 2.39. The number of thioether (sulfide) groups is 1. The highest BCUT2D eigenvalue weighted by Crippen LogP contribution is 2.41. The highest BCUT2D eigenvalue weighted by molar-refractivity contribution is 7.98. The lowest BCUT2D eigenvalue weighted by Gasteiger charge is -2.14. The van der Waals surface area contributed by atoms with Crippen LogP contribution in [0.4, 0.5) is 0 Å². The molecule has 2 N–H and O–H groups in total. The van der Waals surface area contributed by atoms with Crippen molar-refractivity contribution in [3.05, 3.63) is 30.0 Å². The number of phenols is 1. The van der Waals surface area contributed by atoms with E-state index in [0.717, 1.165) is 17.0 Å². The minimum absolute atomic E-state index is 0.298. The van der Waals surface area contributed by atoms with Crippen LogP contribution in [0.2, 0.25) is 0 Å². The van der Waals surface area contributed by atoms with E-state index < -0.39 is 0 Å². The van der Waals surface area contributed by atoms with Crippen LogP contribution in [-0.2, 0) is 5.75 Å². The van der Waals surface area contributed by atoms with Gasteiger partial charge in [0.2, 0.25) is 0 Å². The van der Waals surface area contributed by atoms with E-state index in [-0.39, 0.29) is 0 Å². The number of nitrogens with zero attached hydrogens (tertiary/aromatic N) is 1. The second-order valence-corrected chi connectivity index (χ2v) is 4.26. The largest absolute Gasteiger partial charge is 0.508 e. The van der Waals surface area contributed by atoms with Gasteiger partial charge in [-0.05, 0) is 18.2 Å². The van der Waals surface area contributed by atoms with Crippen molar-refractivity contribution in [1.29, 1.82) is 0 Å². The molecule has 70 valence electrons. The Morgan fingerprint density at radius 1 is 1.43 bits per heavy atom. The fourth-order valence-electron chi connectivity index (χ4n) is 1.65. The Labute approximate surface area is 85.2 Å². The number of phenolic OH excluding ortho intramolecular Hbond substituents is 1. The van der Waals surface area contributed by atoms with Gasteiger partial charge in [-0.15, -0.1) is 11.8 Å². The Kier molecular flexibility index (Phi) is 1.58. The Morgan fingerprint density at radius 3 is 3.29 bits per heavy atom. The zero-order valence-corrected chi connectivity index (χ0v) is 8.14. The van der Waals surface area contributed by atoms with Crippen LogP contribution in [0.1, 0.15) is 5.56 Å². The number of aromatic amines is 1. The summed E-state index contributed by atoms with van der Waals surface area (Å²) in [5, 5.41) is 16.4. The summed E-state index contributed by atoms with van der Waals surface area (Å²) >= 11 is 1.77. The lowest BCUT2D eigenvalue weighted by molar-refractivity contribution is 0.475. The van der Waals surface area contributed by atoms with E-state index in [4.69, 9.17) is 0 Å². The molecule has 3 nitrogen and oxygen atoms in total. The maximum Gasteiger partial charge on any atom is 0.116 e. The fourth-order valence-corrected chi connectivity index (χ4v) is 2.66. The molecule has 2 heterocycles. The number of hydrogen-bond donors (Lipinski definition) is 2. The molecular weight excluding hydrogens is 196 g/mol. The van der Waals surface area contributed by atoms with Crippen molar-refractivity contribution in [3.63, 3.8) is 0 Å². The van der Waals surface area contributed by atoms with Gasteiger partial charge in [0.1, 0.15) is 5.75 Å². The minimum atomic E-state index is 0.298. The summed E-state index contributed by atoms with van der Waals surface area (Å²) in [6.07, 6.45) is 1.84. The van der Waals surface area contributed by atoms with Crippen LogP contribution in [0.25, 0.3) is 11.3 Å². The van der Waals surface area contributed by atoms with E-state index in [9.17, 15) is 5.11 Å². The van der Waals surface area contributed by atoms with Crippen LogP contribution in [0, 0.1) is 0 Å². The van der Waals surface area contributed by atoms with Gasteiger partial charge in [0.15, 0.2) is 0 Å². The van der Waals surface area contributed by atoms with Crippen molar-refractivity contribution in [1.82, 2.24) is 10.2 Å². The quantitative estimate of drug-likeness (QED) is 0.692. The lowest BCUT2D eigenvalue weighted by atomic mass is 10.1. The number of rotatable bonds is 0. The Morgan fingerprint density at radius 2 is 2.36 bits per heavy atom. The van der Waals surface area contributed by atoms with Crippen LogP contribution in [0.5, 0.6) is 5.75 Å². The van der Waals surface area contributed by atoms with Crippen molar-refractivity contribution in [2.75, 3.05) is 0 Å². The van der Waals surface area contributed by atoms with Crippen LogP contribution in [0.3, 0.4) is 0 Å². The summed E-state index contributed by atoms with van der Waals surface area (Å²) in [5.41, 5.74) is 3.29. The molecule has 0 unspecified atom stereocenters. The molecule has 14 heavy (non-hydrogen) atoms. The van der Waals surface area contributed by atoms with Gasteiger partial charge in [0.25, 0.3) is 0 Å². The molecule has 0 fully saturated rings. The summed E-state index contributed by atoms with van der Waals surface area (Å²) in [4.78, 5) is 1.19. The second kappa shape index (κ2) is 2.78. The molecule has 0 saturated heterocycles. The van der Waals surface area contributed by atoms with Gasteiger partial charge in [-0.2, -0.15) is 5.10 Å². The predicted molar refractivity (Wildman–Crippen MR) is 55.2 cm³/mol. The molecule has 0 amide bonds. The number of hydrogen-bond acceptors (Lipinski definition) is 3. The zero-order chi connectivity index (χ0) is 9.54. The average molecular weight is 204 g/mol. The third-order valence-corrected chi connectivity index (χ3v) is 3.46. The highest BCUT2D eigenvalue weighted by Gasteiger charge is 2.18. The molecule has 1 aliphatic heterocycles. The smallest absolute Gasteiger partial charge is 0.116 e. The van der Waals surface area contributed by atoms with Gasteiger partial charge in [0, 0.05) is 21.8 Å². The van der Waals surface area contributed by atoms with E-state index in [2.05, 4.69) is 10.2 Å². The van der Waals surface area contributed by atoms with E-state index in [1.807, 2.05) is 12.3 Å². The lowest BCUT2D eigenvalue weighted by Crippen LogP contribution is -1.93. The summed E-state index contributed by atoms with van der Waals surface area (Å²) in [5.74, 6) is 1.25. The van der Waals surface area contributed by atoms with Gasteiger partial charge in [0.05, 0.1) is 11.9 Å². The first-order chi connectivity index (χ1) is 6.84. The van der Waals surface area contributed by atoms with Gasteiger partial charge >= 0.3 is 0 Å². The molecule has 0 aliphatic carbocycles. The van der Waals surface area contributed by atoms with Crippen LogP contribution in [-0.4, -0.2) is 15.3 Å². The Hall–Kier alpha value is -1.42. The van der Waals surface area contributed by atoms with E-state index in [1.165, 1.54) is 10.5 Å². The maximum absolute atomic E-state index is 9.41. The monoisotopic (exact) mass is 204 g/mol. The van der Waals surface area contributed by atoms with Crippen molar-refractivity contribution >= 4 is 11.8 Å². The van der Waals surface area contributed by atoms with Gasteiger partial charge < -0.3 is 5.11 Å². The SMILES string of the molecule is Oc1ccc2c(c1)-c1[nH]ncc1CS2. The standard InChI is InChI=1S/C10H8N2OS/c13-7-1-2-9-8(3-7)10-6(5-14-9)4-11-12-10/h1-4,13H,5H2,(H,11,12). The molecular formula is C10H8N2OS. The van der Waals surface area contributed by atoms with Crippen molar-refractivity contribution in [3.8, 4) is 17.0 Å². The Bertz CT molecular complexity index is 493. The minimum Gasteiger partial charge on any atom is -0.508 e. The summed E-state index contributed by atoms with van der Waals surface area (Å²) in [7, 11) is 0. The summed E-state index contributed by atoms with van der Waals surface area (Å²) in [6, 6.07) is 5.44. The van der Waals surface area contributed by atoms with Gasteiger partial charge in [-0.3, -0.25) is 5.10 Å². The van der Waals surface area contributed by atoms with Crippen molar-refractivity contribution < 1.29 is 5.11 Å². The van der Waals surface area contributed by atoms with Crippen LogP contribution in [0.15, 0.2) is 29.3 Å². The van der Waals surface area contributed by atoms with E-state index in [1.54, 1.807) is 23.9 Å². The first-order valence-corrected chi connectivity index (χ1v) is 5.31. The molecule has 2 aromatic rings. The molecule has 0 bridgehead atoms. The summed E-state index contributed by atoms with van der Waals surface area (Å²) < 4.78 is 0. The highest BCUT2D eigenvalue weighted by atomic mass is 32.2. The molecule has 0 saturated carbocycles. The molecule has 0 atom stereocenters. The number of benzene rings is 1.